The van der Waals surface area contributed by atoms with Crippen LogP contribution in [0.3, 0.4) is 0 Å². The number of amides is 2. The van der Waals surface area contributed by atoms with Crippen molar-refractivity contribution in [3.63, 3.8) is 0 Å². The molecule has 0 radical (unpaired) electrons. The standard InChI is InChI=1S/C74H95N2O22P/c1-7-55(86-42-50-29-19-14-20-30-50)37-61(77)75-67-71(96-65(81)39-56(8-2)87-43-51-31-21-15-22-32-51)69(88-44-52-33-23-16-24-34-52)60(94-73(67)83)48-89-74-68(76-62(78)38-57(9-3)92-63(79)11-5)72(97-66(82)40-58(10-4)93-64(80)12-6)70(59(95-74)47-85-41-49-27-17-13-18-28-49)98-99(84)90-45-53-35-25-26-36-54(53)46-91-99/h13-36,55-60,67-74,83H,7-12,37-48H2,1-6H3,(H,75,77)(H,76,78)/t55-,56-,57-,58-,59?,60?,67?,68?,69+,70+,71-,72-,73?,74-/m1/s1. The number of hydrogen-bond donors (Lipinski definition) is 3. The topological polar surface area (TPSA) is 293 Å². The van der Waals surface area contributed by atoms with Crippen LogP contribution in [0.4, 0.5) is 0 Å². The molecule has 0 saturated carbocycles. The number of phosphoric acid groups is 1. The molecule has 99 heavy (non-hydrogen) atoms. The summed E-state index contributed by atoms with van der Waals surface area (Å²) in [4.78, 5) is 83.9. The number of carbonyl (C=O) groups excluding carboxylic acids is 6. The predicted molar refractivity (Wildman–Crippen MR) is 359 cm³/mol. The lowest BCUT2D eigenvalue weighted by Gasteiger charge is -2.47. The minimum atomic E-state index is -4.73. The number of aliphatic hydroxyl groups excluding tert-OH is 1. The number of rotatable bonds is 38. The number of aliphatic hydroxyl groups is 1. The lowest BCUT2D eigenvalue weighted by Crippen LogP contribution is -2.68. The highest BCUT2D eigenvalue weighted by atomic mass is 31.2. The molecule has 0 aromatic heterocycles. The molecule has 3 N–H and O–H groups in total. The monoisotopic (exact) mass is 1390 g/mol. The summed E-state index contributed by atoms with van der Waals surface area (Å²) < 4.78 is 104. The highest BCUT2D eigenvalue weighted by molar-refractivity contribution is 7.48. The fraction of sp³-hybridized carbons (Fsp3) is 0.514. The van der Waals surface area contributed by atoms with Crippen LogP contribution in [0.2, 0.25) is 0 Å². The number of ether oxygens (including phenoxy) is 11. The summed E-state index contributed by atoms with van der Waals surface area (Å²) in [6, 6.07) is 41.1. The Morgan fingerprint density at radius 2 is 0.879 bits per heavy atom. The largest absolute Gasteiger partial charge is 0.475 e. The Morgan fingerprint density at radius 1 is 0.465 bits per heavy atom. The van der Waals surface area contributed by atoms with Crippen molar-refractivity contribution >= 4 is 43.5 Å². The van der Waals surface area contributed by atoms with E-state index in [0.717, 1.165) is 16.7 Å². The molecular formula is C74H95N2O22P. The second-order valence-corrected chi connectivity index (χ2v) is 26.0. The van der Waals surface area contributed by atoms with Crippen LogP contribution < -0.4 is 10.6 Å². The molecule has 24 nitrogen and oxygen atoms in total. The number of benzene rings is 5. The Kier molecular flexibility index (Phi) is 31.5. The molecule has 0 aliphatic carbocycles. The van der Waals surface area contributed by atoms with Gasteiger partial charge in [0, 0.05) is 12.8 Å². The first-order valence-electron chi connectivity index (χ1n) is 34.2. The summed E-state index contributed by atoms with van der Waals surface area (Å²) >= 11 is 0. The van der Waals surface area contributed by atoms with Gasteiger partial charge in [0.15, 0.2) is 24.8 Å². The smallest absolute Gasteiger partial charge is 0.462 e. The van der Waals surface area contributed by atoms with Crippen LogP contribution in [-0.2, 0) is 139 Å². The van der Waals surface area contributed by atoms with Crippen LogP contribution in [0.25, 0.3) is 0 Å². The van der Waals surface area contributed by atoms with Crippen molar-refractivity contribution in [1.82, 2.24) is 10.6 Å². The van der Waals surface area contributed by atoms with Gasteiger partial charge in [-0.25, -0.2) is 4.57 Å². The van der Waals surface area contributed by atoms with E-state index in [1.165, 1.54) is 0 Å². The minimum Gasteiger partial charge on any atom is -0.462 e. The SMILES string of the molecule is CCC(=O)O[C@H](CC)CC(=O)NC1[C@H](OCC2OC(O)C(NC(=O)C[C@@H](CC)OCc3ccccc3)[C@@H](OC(=O)C[C@@H](CC)OCc3ccccc3)[C@H]2OCc2ccccc2)OC(COCc2ccccc2)[C@H](OP2(=O)OCc3ccccc3CO2)[C@@H]1OC(=O)C[C@@H](CC)OC(=O)CC. The first kappa shape index (κ1) is 77.4. The van der Waals surface area contributed by atoms with Crippen LogP contribution >= 0.6 is 7.82 Å². The maximum Gasteiger partial charge on any atom is 0.475 e. The van der Waals surface area contributed by atoms with Gasteiger partial charge in [0.2, 0.25) is 11.8 Å². The van der Waals surface area contributed by atoms with Crippen molar-refractivity contribution in [3.05, 3.63) is 179 Å². The van der Waals surface area contributed by atoms with E-state index in [1.807, 2.05) is 123 Å². The van der Waals surface area contributed by atoms with Gasteiger partial charge in [-0.05, 0) is 59.1 Å². The molecule has 2 amide bonds. The second kappa shape index (κ2) is 40.2. The van der Waals surface area contributed by atoms with Crippen LogP contribution in [0.15, 0.2) is 146 Å². The molecular weight excluding hydrogens is 1300 g/mol. The van der Waals surface area contributed by atoms with E-state index >= 15 is 4.57 Å². The fourth-order valence-corrected chi connectivity index (χ4v) is 12.7. The highest BCUT2D eigenvalue weighted by Crippen LogP contribution is 2.55. The van der Waals surface area contributed by atoms with E-state index in [0.29, 0.717) is 29.5 Å². The van der Waals surface area contributed by atoms with Gasteiger partial charge >= 0.3 is 31.7 Å². The maximum absolute atomic E-state index is 15.2. The van der Waals surface area contributed by atoms with Crippen molar-refractivity contribution in [2.45, 2.75) is 231 Å². The number of fused-ring (bicyclic) bond motifs is 1. The molecule has 0 spiro atoms. The second-order valence-electron chi connectivity index (χ2n) is 24.3. The van der Waals surface area contributed by atoms with Crippen molar-refractivity contribution < 1.29 is 104 Å². The molecule has 538 valence electrons. The molecule has 14 atom stereocenters. The number of hydrogen-bond acceptors (Lipinski definition) is 22. The Hall–Kier alpha value is -7.29. The Morgan fingerprint density at radius 3 is 1.37 bits per heavy atom. The van der Waals surface area contributed by atoms with Crippen LogP contribution in [0.5, 0.6) is 0 Å². The Labute approximate surface area is 579 Å². The molecule has 5 unspecified atom stereocenters. The fourth-order valence-electron chi connectivity index (χ4n) is 11.3. The van der Waals surface area contributed by atoms with Gasteiger partial charge in [0.25, 0.3) is 0 Å². The summed E-state index contributed by atoms with van der Waals surface area (Å²) in [7, 11) is -4.73. The zero-order valence-corrected chi connectivity index (χ0v) is 58.0. The molecule has 3 heterocycles. The summed E-state index contributed by atoms with van der Waals surface area (Å²) in [6.45, 7) is 9.21. The third kappa shape index (κ3) is 24.5. The summed E-state index contributed by atoms with van der Waals surface area (Å²) in [5, 5.41) is 18.2. The third-order valence-electron chi connectivity index (χ3n) is 17.0. The van der Waals surface area contributed by atoms with Crippen molar-refractivity contribution in [2.24, 2.45) is 0 Å². The minimum absolute atomic E-state index is 0.00338. The van der Waals surface area contributed by atoms with Crippen LogP contribution in [0, 0.1) is 0 Å². The first-order valence-corrected chi connectivity index (χ1v) is 35.6. The normalized spacial score (nSPS) is 23.1. The van der Waals surface area contributed by atoms with Gasteiger partial charge in [-0.3, -0.25) is 42.3 Å². The molecule has 25 heteroatoms. The van der Waals surface area contributed by atoms with E-state index in [1.54, 1.807) is 64.1 Å². The predicted octanol–water partition coefficient (Wildman–Crippen LogP) is 10.3. The number of nitrogens with one attached hydrogen (secondary N) is 2. The van der Waals surface area contributed by atoms with Gasteiger partial charge in [0.05, 0.1) is 90.7 Å². The highest BCUT2D eigenvalue weighted by Gasteiger charge is 2.55. The molecule has 0 bridgehead atoms. The molecule has 2 saturated heterocycles. The average molecular weight is 1400 g/mol. The van der Waals surface area contributed by atoms with E-state index < -0.39 is 155 Å². The molecule has 5 aromatic carbocycles. The van der Waals surface area contributed by atoms with Crippen molar-refractivity contribution in [1.29, 1.82) is 0 Å². The molecule has 5 aromatic rings. The first-order chi connectivity index (χ1) is 48.0. The van der Waals surface area contributed by atoms with Crippen LogP contribution in [-0.4, -0.2) is 140 Å². The van der Waals surface area contributed by atoms with Gasteiger partial charge < -0.3 is 67.8 Å². The van der Waals surface area contributed by atoms with Crippen LogP contribution in [0.1, 0.15) is 139 Å². The zero-order chi connectivity index (χ0) is 70.5. The van der Waals surface area contributed by atoms with E-state index in [9.17, 15) is 33.9 Å². The lowest BCUT2D eigenvalue weighted by molar-refractivity contribution is -0.304. The Balaban J connectivity index is 1.19. The lowest BCUT2D eigenvalue weighted by atomic mass is 9.95. The summed E-state index contributed by atoms with van der Waals surface area (Å²) in [5.74, 6) is -4.19. The number of esters is 4. The molecule has 3 aliphatic rings. The summed E-state index contributed by atoms with van der Waals surface area (Å²) in [6.07, 6.45) is -16.2. The van der Waals surface area contributed by atoms with Crippen molar-refractivity contribution in [2.75, 3.05) is 13.2 Å². The number of phosphoric ester groups is 1. The van der Waals surface area contributed by atoms with Crippen molar-refractivity contribution in [3.8, 4) is 0 Å². The average Bonchev–Trinajstić information content (AvgIpc) is 1.34. The maximum atomic E-state index is 15.2. The Bertz CT molecular complexity index is 3310. The summed E-state index contributed by atoms with van der Waals surface area (Å²) in [5.41, 5.74) is 4.52. The molecule has 3 aliphatic heterocycles. The van der Waals surface area contributed by atoms with Gasteiger partial charge in [0.1, 0.15) is 48.7 Å². The van der Waals surface area contributed by atoms with E-state index in [-0.39, 0.29) is 78.2 Å². The quantitative estimate of drug-likeness (QED) is 0.0188. The molecule has 8 rings (SSSR count). The zero-order valence-electron chi connectivity index (χ0n) is 57.1. The molecule has 2 fully saturated rings. The van der Waals surface area contributed by atoms with Gasteiger partial charge in [-0.2, -0.15) is 0 Å². The van der Waals surface area contributed by atoms with Gasteiger partial charge in [-0.15, -0.1) is 0 Å². The van der Waals surface area contributed by atoms with E-state index in [4.69, 9.17) is 65.7 Å². The van der Waals surface area contributed by atoms with E-state index in [2.05, 4.69) is 10.6 Å². The van der Waals surface area contributed by atoms with Gasteiger partial charge in [-0.1, -0.05) is 187 Å². The number of carbonyl (C=O) groups is 6. The third-order valence-corrected chi connectivity index (χ3v) is 18.4.